The maximum Gasteiger partial charge on any atom is 0.0659 e. The van der Waals surface area contributed by atoms with Gasteiger partial charge >= 0.3 is 0 Å². The molecular weight excluding hydrogens is 202 g/mol. The molecule has 0 aliphatic heterocycles. The van der Waals surface area contributed by atoms with Crippen LogP contribution in [0.2, 0.25) is 0 Å². The van der Waals surface area contributed by atoms with Gasteiger partial charge in [0, 0.05) is 5.69 Å². The molecule has 0 unspecified atom stereocenters. The summed E-state index contributed by atoms with van der Waals surface area (Å²) in [5, 5.41) is 3.10. The first-order valence-corrected chi connectivity index (χ1v) is 5.78. The predicted octanol–water partition coefficient (Wildman–Crippen LogP) is 4.03. The van der Waals surface area contributed by atoms with Gasteiger partial charge in [0.1, 0.15) is 0 Å². The van der Waals surface area contributed by atoms with Crippen LogP contribution in [0.15, 0.2) is 24.3 Å². The Labute approximate surface area is 97.9 Å². The largest absolute Gasteiger partial charge is 0.352 e. The number of benzene rings is 1. The molecule has 0 spiro atoms. The van der Waals surface area contributed by atoms with Gasteiger partial charge in [-0.3, -0.25) is 0 Å². The van der Waals surface area contributed by atoms with Crippen molar-refractivity contribution in [2.45, 2.75) is 33.6 Å². The second-order valence-electron chi connectivity index (χ2n) is 4.98. The molecule has 1 nitrogen and oxygen atoms in total. The van der Waals surface area contributed by atoms with E-state index in [1.54, 1.807) is 5.49 Å². The Morgan fingerprint density at radius 3 is 2.53 bits per heavy atom. The first-order chi connectivity index (χ1) is 7.03. The van der Waals surface area contributed by atoms with Crippen molar-refractivity contribution in [3.05, 3.63) is 29.8 Å². The van der Waals surface area contributed by atoms with Crippen LogP contribution in [0.1, 0.15) is 32.8 Å². The molecule has 1 aromatic rings. The molecule has 0 saturated carbocycles. The molecule has 0 saturated heterocycles. The number of hydrogen-bond acceptors (Lipinski definition) is 1. The smallest absolute Gasteiger partial charge is 0.0659 e. The van der Waals surface area contributed by atoms with Crippen molar-refractivity contribution in [3.63, 3.8) is 0 Å². The van der Waals surface area contributed by atoms with Crippen LogP contribution in [0.3, 0.4) is 0 Å². The lowest BCUT2D eigenvalue weighted by molar-refractivity contribution is 0.378. The Kier molecular flexibility index (Phi) is 4.28. The number of anilines is 1. The molecule has 2 heteroatoms. The summed E-state index contributed by atoms with van der Waals surface area (Å²) in [6, 6.07) is 8.34. The Hall–Kier alpha value is -0.890. The van der Waals surface area contributed by atoms with Gasteiger partial charge in [0.25, 0.3) is 0 Å². The molecule has 0 radical (unpaired) electrons. The van der Waals surface area contributed by atoms with Gasteiger partial charge < -0.3 is 5.32 Å². The minimum absolute atomic E-state index is 0.380. The molecule has 1 aromatic carbocycles. The summed E-state index contributed by atoms with van der Waals surface area (Å²) in [7, 11) is 0. The van der Waals surface area contributed by atoms with Crippen molar-refractivity contribution in [2.75, 3.05) is 5.32 Å². The number of aryl methyl sites for hydroxylation is 1. The lowest BCUT2D eigenvalue weighted by Crippen LogP contribution is -2.07. The van der Waals surface area contributed by atoms with Crippen LogP contribution >= 0.6 is 12.2 Å². The monoisotopic (exact) mass is 221 g/mol. The van der Waals surface area contributed by atoms with Crippen molar-refractivity contribution in [1.29, 1.82) is 0 Å². The van der Waals surface area contributed by atoms with E-state index in [1.807, 2.05) is 6.07 Å². The van der Waals surface area contributed by atoms with E-state index in [0.29, 0.717) is 5.41 Å². The van der Waals surface area contributed by atoms with E-state index in [4.69, 9.17) is 12.2 Å². The fourth-order valence-corrected chi connectivity index (χ4v) is 1.58. The molecule has 15 heavy (non-hydrogen) atoms. The lowest BCUT2D eigenvalue weighted by atomic mass is 9.88. The standard InChI is InChI=1S/C13H19NS/c1-13(2,3)9-8-11-6-4-5-7-12(11)14-10-15/h4-7,10H,8-9H2,1-3H3,(H,14,15). The van der Waals surface area contributed by atoms with Crippen LogP contribution in [-0.4, -0.2) is 5.49 Å². The van der Waals surface area contributed by atoms with Crippen LogP contribution in [-0.2, 0) is 6.42 Å². The molecule has 0 bridgehead atoms. The van der Waals surface area contributed by atoms with E-state index in [-0.39, 0.29) is 0 Å². The van der Waals surface area contributed by atoms with Gasteiger partial charge in [-0.1, -0.05) is 51.2 Å². The van der Waals surface area contributed by atoms with Gasteiger partial charge in [0.2, 0.25) is 0 Å². The highest BCUT2D eigenvalue weighted by Crippen LogP contribution is 2.24. The average Bonchev–Trinajstić information content (AvgIpc) is 2.16. The summed E-state index contributed by atoms with van der Waals surface area (Å²) in [6.45, 7) is 6.80. The second kappa shape index (κ2) is 5.26. The molecule has 0 aliphatic rings. The minimum atomic E-state index is 0.380. The second-order valence-corrected chi connectivity index (χ2v) is 5.22. The van der Waals surface area contributed by atoms with Crippen LogP contribution in [0.5, 0.6) is 0 Å². The van der Waals surface area contributed by atoms with Crippen LogP contribution in [0.4, 0.5) is 5.69 Å². The van der Waals surface area contributed by atoms with Crippen molar-refractivity contribution >= 4 is 23.4 Å². The maximum atomic E-state index is 4.82. The molecular formula is C13H19NS. The van der Waals surface area contributed by atoms with Crippen molar-refractivity contribution in [1.82, 2.24) is 0 Å². The summed E-state index contributed by atoms with van der Waals surface area (Å²) in [4.78, 5) is 0. The summed E-state index contributed by atoms with van der Waals surface area (Å²) >= 11 is 4.82. The highest BCUT2D eigenvalue weighted by atomic mass is 32.1. The zero-order valence-electron chi connectivity index (χ0n) is 9.71. The Bertz CT molecular complexity index is 326. The third-order valence-corrected chi connectivity index (χ3v) is 2.49. The van der Waals surface area contributed by atoms with Crippen molar-refractivity contribution in [3.8, 4) is 0 Å². The Morgan fingerprint density at radius 1 is 1.27 bits per heavy atom. The summed E-state index contributed by atoms with van der Waals surface area (Å²) < 4.78 is 0. The SMILES string of the molecule is CC(C)(C)CCc1ccccc1NC=S. The molecule has 0 aliphatic carbocycles. The minimum Gasteiger partial charge on any atom is -0.352 e. The number of rotatable bonds is 4. The van der Waals surface area contributed by atoms with Gasteiger partial charge in [0.05, 0.1) is 5.49 Å². The van der Waals surface area contributed by atoms with Crippen molar-refractivity contribution < 1.29 is 0 Å². The normalized spacial score (nSPS) is 11.1. The van der Waals surface area contributed by atoms with Gasteiger partial charge in [-0.05, 0) is 29.9 Å². The van der Waals surface area contributed by atoms with Crippen LogP contribution < -0.4 is 5.32 Å². The highest BCUT2D eigenvalue weighted by molar-refractivity contribution is 7.79. The number of para-hydroxylation sites is 1. The van der Waals surface area contributed by atoms with E-state index >= 15 is 0 Å². The van der Waals surface area contributed by atoms with Crippen LogP contribution in [0.25, 0.3) is 0 Å². The summed E-state index contributed by atoms with van der Waals surface area (Å²) in [6.07, 6.45) is 2.28. The molecule has 0 fully saturated rings. The lowest BCUT2D eigenvalue weighted by Gasteiger charge is -2.18. The number of hydrogen-bond donors (Lipinski definition) is 1. The fraction of sp³-hybridized carbons (Fsp3) is 0.462. The Balaban J connectivity index is 2.71. The molecule has 0 heterocycles. The zero-order valence-corrected chi connectivity index (χ0v) is 10.5. The molecule has 0 aromatic heterocycles. The molecule has 1 N–H and O–H groups in total. The third-order valence-electron chi connectivity index (χ3n) is 2.38. The fourth-order valence-electron chi connectivity index (χ4n) is 1.45. The quantitative estimate of drug-likeness (QED) is 0.770. The van der Waals surface area contributed by atoms with Gasteiger partial charge in [-0.2, -0.15) is 0 Å². The summed E-state index contributed by atoms with van der Waals surface area (Å²) in [5.41, 5.74) is 4.42. The van der Waals surface area contributed by atoms with E-state index in [1.165, 1.54) is 12.0 Å². The molecule has 82 valence electrons. The third kappa shape index (κ3) is 4.43. The Morgan fingerprint density at radius 2 is 1.93 bits per heavy atom. The highest BCUT2D eigenvalue weighted by Gasteiger charge is 2.11. The number of nitrogens with one attached hydrogen (secondary N) is 1. The maximum absolute atomic E-state index is 4.82. The topological polar surface area (TPSA) is 12.0 Å². The van der Waals surface area contributed by atoms with E-state index in [2.05, 4.69) is 44.3 Å². The first kappa shape index (κ1) is 12.2. The molecule has 0 amide bonds. The van der Waals surface area contributed by atoms with Crippen molar-refractivity contribution in [2.24, 2.45) is 5.41 Å². The van der Waals surface area contributed by atoms with Gasteiger partial charge in [-0.15, -0.1) is 0 Å². The predicted molar refractivity (Wildman–Crippen MR) is 71.5 cm³/mol. The number of thiocarbonyl (C=S) groups is 1. The first-order valence-electron chi connectivity index (χ1n) is 5.31. The zero-order chi connectivity index (χ0) is 11.3. The van der Waals surface area contributed by atoms with Gasteiger partial charge in [0.15, 0.2) is 0 Å². The molecule has 1 rings (SSSR count). The molecule has 0 atom stereocenters. The summed E-state index contributed by atoms with van der Waals surface area (Å²) in [5.74, 6) is 0. The van der Waals surface area contributed by atoms with E-state index in [0.717, 1.165) is 12.1 Å². The van der Waals surface area contributed by atoms with Gasteiger partial charge in [-0.25, -0.2) is 0 Å². The van der Waals surface area contributed by atoms with E-state index < -0.39 is 0 Å². The van der Waals surface area contributed by atoms with E-state index in [9.17, 15) is 0 Å². The van der Waals surface area contributed by atoms with Crippen LogP contribution in [0, 0.1) is 5.41 Å². The average molecular weight is 221 g/mol.